The van der Waals surface area contributed by atoms with Crippen LogP contribution in [-0.4, -0.2) is 29.5 Å². The maximum atomic E-state index is 13.5. The van der Waals surface area contributed by atoms with Crippen LogP contribution in [0.3, 0.4) is 0 Å². The van der Waals surface area contributed by atoms with Gasteiger partial charge in [0.1, 0.15) is 18.2 Å². The molecule has 7 nitrogen and oxygen atoms in total. The molecule has 0 fully saturated rings. The molecule has 8 heteroatoms. The number of anilines is 2. The lowest BCUT2D eigenvalue weighted by Gasteiger charge is -2.18. The van der Waals surface area contributed by atoms with Crippen molar-refractivity contribution >= 4 is 35.2 Å². The molecule has 0 aliphatic carbocycles. The third-order valence-corrected chi connectivity index (χ3v) is 5.21. The molecule has 3 N–H and O–H groups in total. The molecule has 3 aromatic carbocycles. The van der Waals surface area contributed by atoms with Gasteiger partial charge in [-0.05, 0) is 60.5 Å². The second kappa shape index (κ2) is 9.99. The topological polar surface area (TPSA) is 105 Å². The van der Waals surface area contributed by atoms with Crippen LogP contribution in [0.4, 0.5) is 15.8 Å². The molecular formula is C26H21FN2O5. The lowest BCUT2D eigenvalue weighted by atomic mass is 10.1. The first-order valence-corrected chi connectivity index (χ1v) is 10.5. The number of amides is 2. The number of aliphatic carboxylic acids is 1. The number of ether oxygens (including phenoxy) is 1. The summed E-state index contributed by atoms with van der Waals surface area (Å²) in [5, 5.41) is 14.4. The maximum absolute atomic E-state index is 13.5. The Morgan fingerprint density at radius 2 is 1.76 bits per heavy atom. The number of para-hydroxylation sites is 1. The summed E-state index contributed by atoms with van der Waals surface area (Å²) < 4.78 is 19.1. The molecule has 3 aromatic rings. The number of carboxylic acid groups (broad SMARTS) is 1. The molecule has 0 radical (unpaired) electrons. The fourth-order valence-corrected chi connectivity index (χ4v) is 3.53. The number of aryl methyl sites for hydroxylation is 1. The quantitative estimate of drug-likeness (QED) is 0.481. The number of carbonyl (C=O) groups is 3. The number of fused-ring (bicyclic) bond motifs is 1. The Bertz CT molecular complexity index is 1300. The lowest BCUT2D eigenvalue weighted by molar-refractivity contribution is -0.137. The van der Waals surface area contributed by atoms with Gasteiger partial charge in [0.15, 0.2) is 0 Å². The molecule has 0 saturated carbocycles. The van der Waals surface area contributed by atoms with E-state index in [4.69, 9.17) is 9.84 Å². The first-order chi connectivity index (χ1) is 16.4. The Balaban J connectivity index is 1.49. The minimum Gasteiger partial charge on any atom is -0.488 e. The van der Waals surface area contributed by atoms with E-state index in [-0.39, 0.29) is 18.6 Å². The van der Waals surface area contributed by atoms with Gasteiger partial charge >= 0.3 is 5.97 Å². The van der Waals surface area contributed by atoms with Gasteiger partial charge in [0.25, 0.3) is 11.8 Å². The van der Waals surface area contributed by atoms with Gasteiger partial charge in [-0.1, -0.05) is 24.3 Å². The van der Waals surface area contributed by atoms with E-state index in [2.05, 4.69) is 10.6 Å². The van der Waals surface area contributed by atoms with Crippen LogP contribution in [0, 0.1) is 5.82 Å². The van der Waals surface area contributed by atoms with Gasteiger partial charge in [-0.2, -0.15) is 0 Å². The number of rotatable bonds is 7. The fraction of sp³-hybridized carbons (Fsp3) is 0.115. The minimum atomic E-state index is -0.897. The number of halogens is 1. The zero-order chi connectivity index (χ0) is 24.1. The molecule has 1 aliphatic rings. The predicted molar refractivity (Wildman–Crippen MR) is 125 cm³/mol. The molecule has 0 aromatic heterocycles. The number of hydrogen-bond acceptors (Lipinski definition) is 4. The summed E-state index contributed by atoms with van der Waals surface area (Å²) >= 11 is 0. The molecule has 0 bridgehead atoms. The highest BCUT2D eigenvalue weighted by Crippen LogP contribution is 2.28. The zero-order valence-electron chi connectivity index (χ0n) is 18.0. The van der Waals surface area contributed by atoms with Crippen molar-refractivity contribution in [3.63, 3.8) is 0 Å². The number of benzene rings is 3. The summed E-state index contributed by atoms with van der Waals surface area (Å²) in [6.45, 7) is 0.0158. The smallest absolute Gasteiger partial charge is 0.303 e. The van der Waals surface area contributed by atoms with Gasteiger partial charge < -0.3 is 20.5 Å². The van der Waals surface area contributed by atoms with Crippen LogP contribution in [0.5, 0.6) is 5.75 Å². The normalized spacial score (nSPS) is 12.1. The first kappa shape index (κ1) is 22.7. The van der Waals surface area contributed by atoms with Crippen molar-refractivity contribution < 1.29 is 28.6 Å². The molecular weight excluding hydrogens is 439 g/mol. The summed E-state index contributed by atoms with van der Waals surface area (Å²) in [5.74, 6) is -1.75. The van der Waals surface area contributed by atoms with Gasteiger partial charge in [0.2, 0.25) is 0 Å². The fourth-order valence-electron chi connectivity index (χ4n) is 3.53. The van der Waals surface area contributed by atoms with E-state index in [0.29, 0.717) is 34.7 Å². The van der Waals surface area contributed by atoms with Crippen molar-refractivity contribution in [2.24, 2.45) is 0 Å². The van der Waals surface area contributed by atoms with Crippen LogP contribution in [-0.2, 0) is 16.0 Å². The Kier molecular flexibility index (Phi) is 6.68. The standard InChI is InChI=1S/C26H21FN2O5/c27-19-9-10-23-17(14-19)13-18(15-34-23)25(32)29-22-7-2-1-6-21(22)26(33)28-20-5-3-4-16(12-20)8-11-24(30)31/h1-7,9-10,12-14H,8,11,15H2,(H,28,33)(H,29,32)(H,30,31). The SMILES string of the molecule is O=C(O)CCc1cccc(NC(=O)c2ccccc2NC(=O)C2=Cc3cc(F)ccc3OC2)c1. The molecule has 4 rings (SSSR count). The highest BCUT2D eigenvalue weighted by Gasteiger charge is 2.20. The van der Waals surface area contributed by atoms with Crippen molar-refractivity contribution in [1.29, 1.82) is 0 Å². The third kappa shape index (κ3) is 5.47. The summed E-state index contributed by atoms with van der Waals surface area (Å²) in [5.41, 5.74) is 2.59. The number of carbonyl (C=O) groups excluding carboxylic acids is 2. The van der Waals surface area contributed by atoms with Crippen molar-refractivity contribution in [1.82, 2.24) is 0 Å². The van der Waals surface area contributed by atoms with E-state index in [0.717, 1.165) is 5.56 Å². The van der Waals surface area contributed by atoms with Crippen LogP contribution in [0.1, 0.15) is 27.9 Å². The average molecular weight is 460 g/mol. The Labute approximate surface area is 194 Å². The zero-order valence-corrected chi connectivity index (χ0v) is 18.0. The van der Waals surface area contributed by atoms with Crippen molar-refractivity contribution in [3.05, 3.63) is 94.8 Å². The predicted octanol–water partition coefficient (Wildman–Crippen LogP) is 4.51. The minimum absolute atomic E-state index is 0.0110. The van der Waals surface area contributed by atoms with Gasteiger partial charge in [0, 0.05) is 17.7 Å². The second-order valence-corrected chi connectivity index (χ2v) is 7.69. The van der Waals surface area contributed by atoms with Crippen LogP contribution < -0.4 is 15.4 Å². The average Bonchev–Trinajstić information content (AvgIpc) is 2.82. The van der Waals surface area contributed by atoms with Crippen LogP contribution in [0.2, 0.25) is 0 Å². The summed E-state index contributed by atoms with van der Waals surface area (Å²) in [6.07, 6.45) is 1.89. The second-order valence-electron chi connectivity index (χ2n) is 7.69. The van der Waals surface area contributed by atoms with Crippen LogP contribution >= 0.6 is 0 Å². The molecule has 1 heterocycles. The lowest BCUT2D eigenvalue weighted by Crippen LogP contribution is -2.23. The van der Waals surface area contributed by atoms with E-state index in [1.807, 2.05) is 0 Å². The van der Waals surface area contributed by atoms with E-state index in [9.17, 15) is 18.8 Å². The van der Waals surface area contributed by atoms with Gasteiger partial charge in [0.05, 0.1) is 16.8 Å². The van der Waals surface area contributed by atoms with Crippen molar-refractivity contribution in [2.45, 2.75) is 12.8 Å². The van der Waals surface area contributed by atoms with E-state index in [1.165, 1.54) is 18.2 Å². The maximum Gasteiger partial charge on any atom is 0.303 e. The highest BCUT2D eigenvalue weighted by molar-refractivity contribution is 6.13. The molecule has 0 saturated heterocycles. The van der Waals surface area contributed by atoms with Crippen molar-refractivity contribution in [2.75, 3.05) is 17.2 Å². The highest BCUT2D eigenvalue weighted by atomic mass is 19.1. The molecule has 2 amide bonds. The summed E-state index contributed by atoms with van der Waals surface area (Å²) in [7, 11) is 0. The first-order valence-electron chi connectivity index (χ1n) is 10.5. The molecule has 0 spiro atoms. The molecule has 0 unspecified atom stereocenters. The van der Waals surface area contributed by atoms with Gasteiger partial charge in [-0.25, -0.2) is 4.39 Å². The monoisotopic (exact) mass is 460 g/mol. The number of carboxylic acids is 1. The van der Waals surface area contributed by atoms with Crippen LogP contribution in [0.15, 0.2) is 72.3 Å². The molecule has 1 aliphatic heterocycles. The Hall–Kier alpha value is -4.46. The van der Waals surface area contributed by atoms with Crippen LogP contribution in [0.25, 0.3) is 6.08 Å². The Morgan fingerprint density at radius 3 is 2.59 bits per heavy atom. The van der Waals surface area contributed by atoms with E-state index in [1.54, 1.807) is 54.6 Å². The van der Waals surface area contributed by atoms with E-state index >= 15 is 0 Å². The van der Waals surface area contributed by atoms with Gasteiger partial charge in [-0.3, -0.25) is 14.4 Å². The molecule has 0 atom stereocenters. The largest absolute Gasteiger partial charge is 0.488 e. The number of hydrogen-bond donors (Lipinski definition) is 3. The van der Waals surface area contributed by atoms with Gasteiger partial charge in [-0.15, -0.1) is 0 Å². The third-order valence-electron chi connectivity index (χ3n) is 5.21. The van der Waals surface area contributed by atoms with Crippen molar-refractivity contribution in [3.8, 4) is 5.75 Å². The summed E-state index contributed by atoms with van der Waals surface area (Å²) in [6, 6.07) is 17.6. The summed E-state index contributed by atoms with van der Waals surface area (Å²) in [4.78, 5) is 36.6. The van der Waals surface area contributed by atoms with E-state index < -0.39 is 23.6 Å². The number of nitrogens with one attached hydrogen (secondary N) is 2. The molecule has 34 heavy (non-hydrogen) atoms. The Morgan fingerprint density at radius 1 is 0.941 bits per heavy atom. The molecule has 172 valence electrons.